The van der Waals surface area contributed by atoms with Gasteiger partial charge in [0.2, 0.25) is 6.71 Å². The van der Waals surface area contributed by atoms with Crippen molar-refractivity contribution >= 4 is 89.3 Å². The molecule has 0 fully saturated rings. The van der Waals surface area contributed by atoms with Crippen molar-refractivity contribution in [3.8, 4) is 0 Å². The van der Waals surface area contributed by atoms with Crippen molar-refractivity contribution in [2.24, 2.45) is 0 Å². The van der Waals surface area contributed by atoms with Gasteiger partial charge in [0.05, 0.1) is 28.1 Å². The normalized spacial score (nSPS) is 19.4. The van der Waals surface area contributed by atoms with Crippen LogP contribution in [0.1, 0.15) is 6.04 Å². The number of hydrogen-bond acceptors (Lipinski definition) is 1. The number of fused-ring (bicyclic) bond motifs is 14. The summed E-state index contributed by atoms with van der Waals surface area (Å²) in [4.78, 5) is 2.90. The molecule has 4 heteroatoms. The Balaban J connectivity index is 1.38. The highest BCUT2D eigenvalue weighted by atomic mass is 32.2. The molecule has 2 atom stereocenters. The lowest BCUT2D eigenvalue weighted by Gasteiger charge is -2.43. The molecule has 1 aliphatic carbocycles. The van der Waals surface area contributed by atoms with Gasteiger partial charge in [0.25, 0.3) is 0 Å². The van der Waals surface area contributed by atoms with Crippen LogP contribution in [0.25, 0.3) is 59.9 Å². The third kappa shape index (κ3) is 2.16. The average Bonchev–Trinajstić information content (AvgIpc) is 3.65. The molecule has 0 bridgehead atoms. The van der Waals surface area contributed by atoms with E-state index in [0.29, 0.717) is 12.5 Å². The average molecular weight is 524 g/mol. The summed E-state index contributed by atoms with van der Waals surface area (Å²) in [5.41, 5.74) is 9.70. The van der Waals surface area contributed by atoms with Crippen molar-refractivity contribution in [3.05, 3.63) is 120 Å². The molecule has 0 radical (unpaired) electrons. The summed E-state index contributed by atoms with van der Waals surface area (Å²) in [5.74, 6) is 0.409. The van der Waals surface area contributed by atoms with Crippen LogP contribution in [0.5, 0.6) is 0 Å². The van der Waals surface area contributed by atoms with Crippen molar-refractivity contribution < 1.29 is 0 Å². The SMILES string of the molecule is C1=CC2C3B(c4ccccc4SC3=C1)c1cccc3c4ccc5c(c6cccc7c8ccccc8n5c76)c4n2c13. The second-order valence-electron chi connectivity index (χ2n) is 11.6. The Labute approximate surface area is 234 Å². The van der Waals surface area contributed by atoms with Gasteiger partial charge in [-0.25, -0.2) is 0 Å². The van der Waals surface area contributed by atoms with Crippen LogP contribution in [0.3, 0.4) is 0 Å². The third-order valence-corrected chi connectivity index (χ3v) is 11.2. The number of nitrogens with zero attached hydrogens (tertiary/aromatic N) is 2. The second-order valence-corrected chi connectivity index (χ2v) is 12.7. The Kier molecular flexibility index (Phi) is 3.50. The van der Waals surface area contributed by atoms with Gasteiger partial charge < -0.3 is 8.97 Å². The smallest absolute Gasteiger partial charge is 0.223 e. The lowest BCUT2D eigenvalue weighted by Crippen LogP contribution is -2.54. The minimum absolute atomic E-state index is 0.281. The fourth-order valence-electron chi connectivity index (χ4n) is 8.56. The van der Waals surface area contributed by atoms with Crippen molar-refractivity contribution in [1.29, 1.82) is 0 Å². The van der Waals surface area contributed by atoms with E-state index in [1.807, 2.05) is 11.8 Å². The molecule has 0 spiro atoms. The first-order valence-electron chi connectivity index (χ1n) is 14.2. The van der Waals surface area contributed by atoms with E-state index in [-0.39, 0.29) is 6.04 Å². The van der Waals surface area contributed by atoms with E-state index in [0.717, 1.165) is 0 Å². The molecule has 3 aliphatic rings. The zero-order valence-corrected chi connectivity index (χ0v) is 22.3. The van der Waals surface area contributed by atoms with Gasteiger partial charge in [-0.1, -0.05) is 114 Å². The highest BCUT2D eigenvalue weighted by molar-refractivity contribution is 8.03. The van der Waals surface area contributed by atoms with Crippen molar-refractivity contribution in [2.75, 3.05) is 0 Å². The first-order chi connectivity index (χ1) is 19.9. The summed E-state index contributed by atoms with van der Waals surface area (Å²) < 4.78 is 5.24. The fraction of sp³-hybridized carbons (Fsp3) is 0.0556. The number of benzene rings is 5. The van der Waals surface area contributed by atoms with Crippen molar-refractivity contribution in [2.45, 2.75) is 16.8 Å². The van der Waals surface area contributed by atoms with Crippen LogP contribution in [-0.2, 0) is 0 Å². The molecule has 5 aromatic carbocycles. The molecule has 0 N–H and O–H groups in total. The molecule has 5 heterocycles. The van der Waals surface area contributed by atoms with E-state index in [1.165, 1.54) is 80.6 Å². The molecular weight excluding hydrogens is 503 g/mol. The Morgan fingerprint density at radius 1 is 0.600 bits per heavy atom. The predicted octanol–water partition coefficient (Wildman–Crippen LogP) is 8.04. The van der Waals surface area contributed by atoms with Crippen LogP contribution in [-0.4, -0.2) is 15.7 Å². The summed E-state index contributed by atoms with van der Waals surface area (Å²) in [6.45, 7) is 0.369. The number of hydrogen-bond donors (Lipinski definition) is 0. The van der Waals surface area contributed by atoms with Gasteiger partial charge in [-0.3, -0.25) is 0 Å². The van der Waals surface area contributed by atoms with Crippen LogP contribution in [0.4, 0.5) is 0 Å². The standard InChI is InChI=1S/C36H21BN2S/c1-3-14-27-20(8-1)21-9-5-11-24-32-28(38(27)34(21)24)19-18-23-22-10-6-13-26-35(22)39(36(23)32)29-15-7-17-31-33(29)37(26)25-12-2-4-16-30(25)40-31/h1-19,29,33H. The van der Waals surface area contributed by atoms with Crippen molar-refractivity contribution in [1.82, 2.24) is 8.97 Å². The number of rotatable bonds is 0. The highest BCUT2D eigenvalue weighted by Gasteiger charge is 2.47. The lowest BCUT2D eigenvalue weighted by molar-refractivity contribution is 0.631. The second kappa shape index (κ2) is 6.83. The van der Waals surface area contributed by atoms with Crippen LogP contribution in [0, 0.1) is 0 Å². The van der Waals surface area contributed by atoms with E-state index >= 15 is 0 Å². The minimum Gasteiger partial charge on any atom is -0.333 e. The minimum atomic E-state index is 0.281. The van der Waals surface area contributed by atoms with Gasteiger partial charge in [-0.15, -0.1) is 0 Å². The van der Waals surface area contributed by atoms with Crippen LogP contribution >= 0.6 is 11.8 Å². The molecule has 2 aliphatic heterocycles. The topological polar surface area (TPSA) is 9.34 Å². The maximum Gasteiger partial charge on any atom is 0.223 e. The fourth-order valence-corrected chi connectivity index (χ4v) is 9.84. The van der Waals surface area contributed by atoms with E-state index in [2.05, 4.69) is 124 Å². The molecule has 184 valence electrons. The Bertz CT molecular complexity index is 2490. The van der Waals surface area contributed by atoms with Gasteiger partial charge in [0.1, 0.15) is 0 Å². The highest BCUT2D eigenvalue weighted by Crippen LogP contribution is 2.54. The van der Waals surface area contributed by atoms with Gasteiger partial charge in [0, 0.05) is 48.5 Å². The van der Waals surface area contributed by atoms with Gasteiger partial charge >= 0.3 is 0 Å². The van der Waals surface area contributed by atoms with E-state index in [4.69, 9.17) is 0 Å². The van der Waals surface area contributed by atoms with E-state index in [9.17, 15) is 0 Å². The molecule has 0 saturated heterocycles. The number of thioether (sulfide) groups is 1. The maximum atomic E-state index is 2.73. The molecule has 3 aromatic heterocycles. The third-order valence-electron chi connectivity index (χ3n) is 9.94. The van der Waals surface area contributed by atoms with Crippen LogP contribution in [0.2, 0.25) is 5.82 Å². The van der Waals surface area contributed by atoms with Gasteiger partial charge in [-0.05, 0) is 28.6 Å². The summed E-state index contributed by atoms with van der Waals surface area (Å²) >= 11 is 1.98. The van der Waals surface area contributed by atoms with Gasteiger partial charge in [-0.2, -0.15) is 0 Å². The molecule has 2 unspecified atom stereocenters. The summed E-state index contributed by atoms with van der Waals surface area (Å²) in [6.07, 6.45) is 7.14. The Morgan fingerprint density at radius 3 is 2.33 bits per heavy atom. The molecule has 2 nitrogen and oxygen atoms in total. The summed E-state index contributed by atoms with van der Waals surface area (Å²) in [5, 5.41) is 8.17. The van der Waals surface area contributed by atoms with Crippen molar-refractivity contribution in [3.63, 3.8) is 0 Å². The summed E-state index contributed by atoms with van der Waals surface area (Å²) in [6, 6.07) is 36.9. The van der Waals surface area contributed by atoms with Crippen LogP contribution < -0.4 is 10.9 Å². The zero-order chi connectivity index (χ0) is 25.7. The largest absolute Gasteiger partial charge is 0.333 e. The lowest BCUT2D eigenvalue weighted by atomic mass is 9.30. The first-order valence-corrected chi connectivity index (χ1v) is 15.0. The first kappa shape index (κ1) is 20.5. The predicted molar refractivity (Wildman–Crippen MR) is 171 cm³/mol. The quantitative estimate of drug-likeness (QED) is 0.183. The molecule has 0 saturated carbocycles. The molecular formula is C36H21BN2S. The number of para-hydroxylation sites is 3. The molecule has 0 amide bonds. The zero-order valence-electron chi connectivity index (χ0n) is 21.5. The van der Waals surface area contributed by atoms with E-state index < -0.39 is 0 Å². The molecule has 40 heavy (non-hydrogen) atoms. The number of aromatic nitrogens is 2. The van der Waals surface area contributed by atoms with E-state index in [1.54, 1.807) is 0 Å². The molecule has 11 rings (SSSR count). The maximum absolute atomic E-state index is 2.73. The number of allylic oxidation sites excluding steroid dienone is 4. The summed E-state index contributed by atoms with van der Waals surface area (Å²) in [7, 11) is 0. The Morgan fingerprint density at radius 2 is 1.35 bits per heavy atom. The Hall–Kier alpha value is -4.41. The molecule has 8 aromatic rings. The van der Waals surface area contributed by atoms with Gasteiger partial charge in [0.15, 0.2) is 0 Å². The monoisotopic (exact) mass is 524 g/mol. The van der Waals surface area contributed by atoms with Crippen LogP contribution in [0.15, 0.2) is 125 Å².